The van der Waals surface area contributed by atoms with Crippen LogP contribution in [0.15, 0.2) is 35.5 Å². The molecular formula is C26H35NO6. The maximum absolute atomic E-state index is 12.6. The molecule has 5 fully saturated rings. The Bertz CT molecular complexity index is 937. The van der Waals surface area contributed by atoms with Crippen LogP contribution in [0.25, 0.3) is 0 Å². The summed E-state index contributed by atoms with van der Waals surface area (Å²) in [6, 6.07) is 0.0721. The van der Waals surface area contributed by atoms with Crippen LogP contribution in [0, 0.1) is 23.2 Å². The average molecular weight is 458 g/mol. The smallest absolute Gasteiger partial charge is 0.378 e. The Balaban J connectivity index is 1.39. The maximum Gasteiger partial charge on any atom is 0.378 e. The number of nitrogens with zero attached hydrogens (tertiary/aromatic N) is 1. The van der Waals surface area contributed by atoms with Gasteiger partial charge in [0.25, 0.3) is 0 Å². The number of methoxy groups -OCH3 is 1. The molecule has 2 N–H and O–H groups in total. The SMILES string of the molecule is C/C=C(\OC)C(=O)OC1=C2OC3C(O)CCC4(O)C5CC(C=C1)C2C34CCN5CC1CCC1. The lowest BCUT2D eigenvalue weighted by molar-refractivity contribution is -0.268. The molecule has 0 aromatic carbocycles. The minimum absolute atomic E-state index is 0.0721. The quantitative estimate of drug-likeness (QED) is 0.373. The lowest BCUT2D eigenvalue weighted by Crippen LogP contribution is -2.77. The van der Waals surface area contributed by atoms with E-state index in [0.717, 1.165) is 31.8 Å². The van der Waals surface area contributed by atoms with Crippen molar-refractivity contribution in [1.82, 2.24) is 4.90 Å². The number of carbonyl (C=O) groups excluding carboxylic acids is 1. The molecule has 4 aliphatic carbocycles. The highest BCUT2D eigenvalue weighted by Crippen LogP contribution is 2.70. The molecule has 7 heteroatoms. The fourth-order valence-electron chi connectivity index (χ4n) is 7.98. The first-order chi connectivity index (χ1) is 15.9. The molecule has 7 nitrogen and oxygen atoms in total. The van der Waals surface area contributed by atoms with Gasteiger partial charge in [0.2, 0.25) is 0 Å². The maximum atomic E-state index is 12.6. The van der Waals surface area contributed by atoms with Gasteiger partial charge in [-0.05, 0) is 76.0 Å². The van der Waals surface area contributed by atoms with Gasteiger partial charge < -0.3 is 24.4 Å². The summed E-state index contributed by atoms with van der Waals surface area (Å²) in [6.07, 6.45) is 11.1. The van der Waals surface area contributed by atoms with Gasteiger partial charge in [-0.3, -0.25) is 4.90 Å². The molecule has 2 heterocycles. The molecule has 0 aromatic rings. The molecule has 2 saturated heterocycles. The molecule has 33 heavy (non-hydrogen) atoms. The Kier molecular flexibility index (Phi) is 4.99. The number of hydrogen-bond donors (Lipinski definition) is 2. The second-order valence-corrected chi connectivity index (χ2v) is 10.9. The van der Waals surface area contributed by atoms with Gasteiger partial charge in [-0.15, -0.1) is 0 Å². The minimum Gasteiger partial charge on any atom is -0.490 e. The number of carbonyl (C=O) groups is 1. The highest BCUT2D eigenvalue weighted by atomic mass is 16.6. The Labute approximate surface area is 195 Å². The number of ether oxygens (including phenoxy) is 3. The Hall–Kier alpha value is -1.83. The van der Waals surface area contributed by atoms with Crippen LogP contribution in [-0.2, 0) is 19.0 Å². The largest absolute Gasteiger partial charge is 0.490 e. The lowest BCUT2D eigenvalue weighted by Gasteiger charge is -2.67. The predicted octanol–water partition coefficient (Wildman–Crippen LogP) is 2.64. The summed E-state index contributed by atoms with van der Waals surface area (Å²) in [5, 5.41) is 23.4. The number of hydrogen-bond acceptors (Lipinski definition) is 7. The number of allylic oxidation sites excluding steroid dienone is 4. The summed E-state index contributed by atoms with van der Waals surface area (Å²) < 4.78 is 17.3. The van der Waals surface area contributed by atoms with Crippen LogP contribution in [0.3, 0.4) is 0 Å². The van der Waals surface area contributed by atoms with Crippen LogP contribution in [0.4, 0.5) is 0 Å². The Morgan fingerprint density at radius 1 is 1.33 bits per heavy atom. The highest BCUT2D eigenvalue weighted by molar-refractivity contribution is 5.87. The van der Waals surface area contributed by atoms with E-state index < -0.39 is 29.2 Å². The molecular weight excluding hydrogens is 422 g/mol. The molecule has 7 unspecified atom stereocenters. The molecule has 3 saturated carbocycles. The molecule has 0 amide bonds. The van der Waals surface area contributed by atoms with Gasteiger partial charge in [0.1, 0.15) is 11.9 Å². The van der Waals surface area contributed by atoms with Gasteiger partial charge in [-0.1, -0.05) is 12.5 Å². The van der Waals surface area contributed by atoms with E-state index in [2.05, 4.69) is 11.0 Å². The third-order valence-electron chi connectivity index (χ3n) is 9.65. The average Bonchev–Trinajstić information content (AvgIpc) is 3.12. The van der Waals surface area contributed by atoms with Gasteiger partial charge in [0.05, 0.1) is 24.2 Å². The minimum atomic E-state index is -0.914. The molecule has 2 bridgehead atoms. The first kappa shape index (κ1) is 21.7. The van der Waals surface area contributed by atoms with Gasteiger partial charge in [-0.2, -0.15) is 0 Å². The van der Waals surface area contributed by atoms with Crippen molar-refractivity contribution in [1.29, 1.82) is 0 Å². The van der Waals surface area contributed by atoms with Crippen LogP contribution in [0.5, 0.6) is 0 Å². The van der Waals surface area contributed by atoms with Gasteiger partial charge >= 0.3 is 5.97 Å². The normalized spacial score (nSPS) is 44.1. The zero-order valence-corrected chi connectivity index (χ0v) is 19.5. The van der Waals surface area contributed by atoms with E-state index in [9.17, 15) is 15.0 Å². The van der Waals surface area contributed by atoms with E-state index in [4.69, 9.17) is 14.2 Å². The van der Waals surface area contributed by atoms with Crippen molar-refractivity contribution in [2.45, 2.75) is 75.7 Å². The van der Waals surface area contributed by atoms with Crippen LogP contribution in [0.1, 0.15) is 51.9 Å². The van der Waals surface area contributed by atoms with E-state index in [1.807, 2.05) is 6.08 Å². The standard InChI is InChI=1S/C26H35NO6/c1-3-18(31-2)24(29)32-19-8-7-16-13-20-26(30)10-9-17(28)23-25(26,21(16)22(19)33-23)11-12-27(20)14-15-5-4-6-15/h3,7-8,15-17,20-21,23,28,30H,4-6,9-14H2,1-2H3/b18-3-. The number of aliphatic hydroxyl groups excluding tert-OH is 1. The highest BCUT2D eigenvalue weighted by Gasteiger charge is 2.76. The van der Waals surface area contributed by atoms with Crippen molar-refractivity contribution in [3.05, 3.63) is 35.5 Å². The van der Waals surface area contributed by atoms with Crippen LogP contribution >= 0.6 is 0 Å². The first-order valence-electron chi connectivity index (χ1n) is 12.6. The van der Waals surface area contributed by atoms with E-state index in [0.29, 0.717) is 24.4 Å². The van der Waals surface area contributed by atoms with Gasteiger partial charge in [0, 0.05) is 18.5 Å². The predicted molar refractivity (Wildman–Crippen MR) is 119 cm³/mol. The van der Waals surface area contributed by atoms with Crippen LogP contribution in [-0.4, -0.2) is 65.1 Å². The molecule has 1 spiro atoms. The fraction of sp³-hybridized carbons (Fsp3) is 0.731. The second-order valence-electron chi connectivity index (χ2n) is 10.9. The number of rotatable bonds is 5. The fourth-order valence-corrected chi connectivity index (χ4v) is 7.98. The molecule has 2 aliphatic heterocycles. The van der Waals surface area contributed by atoms with Crippen molar-refractivity contribution in [3.8, 4) is 0 Å². The third kappa shape index (κ3) is 2.82. The van der Waals surface area contributed by atoms with Crippen molar-refractivity contribution in [3.63, 3.8) is 0 Å². The van der Waals surface area contributed by atoms with Crippen molar-refractivity contribution >= 4 is 5.97 Å². The lowest BCUT2D eigenvalue weighted by atomic mass is 9.44. The molecule has 6 rings (SSSR count). The molecule has 7 atom stereocenters. The number of piperidine rings is 1. The summed E-state index contributed by atoms with van der Waals surface area (Å²) in [5.41, 5.74) is -1.47. The summed E-state index contributed by atoms with van der Waals surface area (Å²) in [6.45, 7) is 3.70. The van der Waals surface area contributed by atoms with E-state index in [-0.39, 0.29) is 23.6 Å². The van der Waals surface area contributed by atoms with Crippen molar-refractivity contribution < 1.29 is 29.2 Å². The summed E-state index contributed by atoms with van der Waals surface area (Å²) in [5.74, 6) is 1.42. The molecule has 0 radical (unpaired) electrons. The van der Waals surface area contributed by atoms with E-state index >= 15 is 0 Å². The number of esters is 1. The van der Waals surface area contributed by atoms with Crippen LogP contribution in [0.2, 0.25) is 0 Å². The second kappa shape index (κ2) is 7.59. The summed E-state index contributed by atoms with van der Waals surface area (Å²) in [4.78, 5) is 15.2. The molecule has 0 aromatic heterocycles. The number of likely N-dealkylation sites (tertiary alicyclic amines) is 1. The van der Waals surface area contributed by atoms with E-state index in [1.54, 1.807) is 13.0 Å². The Morgan fingerprint density at radius 3 is 2.85 bits per heavy atom. The summed E-state index contributed by atoms with van der Waals surface area (Å²) >= 11 is 0. The van der Waals surface area contributed by atoms with E-state index in [1.165, 1.54) is 26.4 Å². The Morgan fingerprint density at radius 2 is 2.15 bits per heavy atom. The van der Waals surface area contributed by atoms with Gasteiger partial charge in [-0.25, -0.2) is 4.79 Å². The molecule has 6 aliphatic rings. The monoisotopic (exact) mass is 457 g/mol. The number of aliphatic hydroxyl groups is 2. The first-order valence-corrected chi connectivity index (χ1v) is 12.6. The third-order valence-corrected chi connectivity index (χ3v) is 9.65. The van der Waals surface area contributed by atoms with Crippen LogP contribution < -0.4 is 0 Å². The topological polar surface area (TPSA) is 88.5 Å². The zero-order valence-electron chi connectivity index (χ0n) is 19.5. The van der Waals surface area contributed by atoms with Crippen molar-refractivity contribution in [2.75, 3.05) is 20.2 Å². The van der Waals surface area contributed by atoms with Crippen molar-refractivity contribution in [2.24, 2.45) is 23.2 Å². The summed E-state index contributed by atoms with van der Waals surface area (Å²) in [7, 11) is 1.44. The van der Waals surface area contributed by atoms with Gasteiger partial charge in [0.15, 0.2) is 11.5 Å². The molecule has 180 valence electrons. The zero-order chi connectivity index (χ0) is 23.0.